The number of aryl methyl sites for hydroxylation is 1. The third-order valence-electron chi connectivity index (χ3n) is 2.32. The van der Waals surface area contributed by atoms with Crippen molar-refractivity contribution >= 4 is 11.5 Å². The second-order valence-electron chi connectivity index (χ2n) is 3.13. The van der Waals surface area contributed by atoms with Gasteiger partial charge in [0, 0.05) is 0 Å². The first-order valence-electron chi connectivity index (χ1n) is 4.55. The summed E-state index contributed by atoms with van der Waals surface area (Å²) in [6.07, 6.45) is 4.44. The molecule has 0 atom stereocenters. The molecule has 4 heteroatoms. The van der Waals surface area contributed by atoms with Crippen LogP contribution in [-0.2, 0) is 6.42 Å². The minimum Gasteiger partial charge on any atom is -0.495 e. The van der Waals surface area contributed by atoms with Crippen molar-refractivity contribution in [3.05, 3.63) is 24.0 Å². The summed E-state index contributed by atoms with van der Waals surface area (Å²) in [6, 6.07) is 2.00. The molecule has 0 fully saturated rings. The van der Waals surface area contributed by atoms with Gasteiger partial charge in [-0.05, 0) is 18.1 Å². The lowest BCUT2D eigenvalue weighted by atomic mass is 10.2. The molecule has 0 spiro atoms. The number of fused-ring (bicyclic) bond motifs is 1. The van der Waals surface area contributed by atoms with Gasteiger partial charge >= 0.3 is 0 Å². The van der Waals surface area contributed by atoms with Crippen LogP contribution in [0, 0.1) is 0 Å². The molecule has 0 aliphatic heterocycles. The van der Waals surface area contributed by atoms with Crippen molar-refractivity contribution in [3.8, 4) is 5.75 Å². The Morgan fingerprint density at radius 3 is 3.00 bits per heavy atom. The summed E-state index contributed by atoms with van der Waals surface area (Å²) in [5.41, 5.74) is 7.74. The summed E-state index contributed by atoms with van der Waals surface area (Å²) in [7, 11) is 1.66. The van der Waals surface area contributed by atoms with Crippen LogP contribution in [0.15, 0.2) is 18.5 Å². The van der Waals surface area contributed by atoms with Gasteiger partial charge in [-0.2, -0.15) is 0 Å². The molecule has 0 saturated carbocycles. The third kappa shape index (κ3) is 1.19. The highest BCUT2D eigenvalue weighted by Gasteiger charge is 2.06. The maximum atomic E-state index is 5.74. The largest absolute Gasteiger partial charge is 0.495 e. The molecule has 0 amide bonds. The predicted octanol–water partition coefficient (Wildman–Crippen LogP) is 1.49. The van der Waals surface area contributed by atoms with Crippen molar-refractivity contribution < 1.29 is 4.74 Å². The summed E-state index contributed by atoms with van der Waals surface area (Å²) in [4.78, 5) is 4.18. The van der Waals surface area contributed by atoms with Crippen LogP contribution < -0.4 is 10.5 Å². The lowest BCUT2D eigenvalue weighted by Gasteiger charge is -2.07. The topological polar surface area (TPSA) is 52.5 Å². The molecule has 14 heavy (non-hydrogen) atoms. The van der Waals surface area contributed by atoms with Gasteiger partial charge in [-0.3, -0.25) is 4.40 Å². The van der Waals surface area contributed by atoms with Gasteiger partial charge in [0.05, 0.1) is 19.5 Å². The quantitative estimate of drug-likeness (QED) is 0.782. The second-order valence-corrected chi connectivity index (χ2v) is 3.13. The number of anilines is 1. The number of methoxy groups -OCH3 is 1. The van der Waals surface area contributed by atoms with Gasteiger partial charge < -0.3 is 10.5 Å². The first-order valence-corrected chi connectivity index (χ1v) is 4.55. The standard InChI is InChI=1S/C10H13N3O/c1-3-7-4-10-12-5-9(11)13(10)6-8(7)14-2/h4-6H,3,11H2,1-2H3. The Morgan fingerprint density at radius 2 is 2.36 bits per heavy atom. The Bertz CT molecular complexity index is 462. The van der Waals surface area contributed by atoms with Crippen molar-refractivity contribution in [2.45, 2.75) is 13.3 Å². The predicted molar refractivity (Wildman–Crippen MR) is 55.5 cm³/mol. The molecule has 0 unspecified atom stereocenters. The van der Waals surface area contributed by atoms with Crippen molar-refractivity contribution in [2.75, 3.05) is 12.8 Å². The number of pyridine rings is 1. The fourth-order valence-corrected chi connectivity index (χ4v) is 1.52. The monoisotopic (exact) mass is 191 g/mol. The zero-order chi connectivity index (χ0) is 10.1. The van der Waals surface area contributed by atoms with Gasteiger partial charge in [0.25, 0.3) is 0 Å². The van der Waals surface area contributed by atoms with E-state index in [9.17, 15) is 0 Å². The summed E-state index contributed by atoms with van der Waals surface area (Å²) in [6.45, 7) is 2.08. The number of nitrogen functional groups attached to an aromatic ring is 1. The fourth-order valence-electron chi connectivity index (χ4n) is 1.52. The van der Waals surface area contributed by atoms with Crippen molar-refractivity contribution in [1.29, 1.82) is 0 Å². The minimum atomic E-state index is 0.626. The molecule has 2 aromatic rings. The maximum absolute atomic E-state index is 5.74. The molecule has 2 heterocycles. The van der Waals surface area contributed by atoms with Gasteiger partial charge in [-0.1, -0.05) is 6.92 Å². The molecule has 0 aliphatic carbocycles. The van der Waals surface area contributed by atoms with E-state index in [0.29, 0.717) is 5.82 Å². The molecule has 2 aromatic heterocycles. The molecule has 2 rings (SSSR count). The van der Waals surface area contributed by atoms with Gasteiger partial charge in [0.1, 0.15) is 17.2 Å². The molecular weight excluding hydrogens is 178 g/mol. The molecule has 74 valence electrons. The maximum Gasteiger partial charge on any atom is 0.138 e. The number of hydrogen-bond donors (Lipinski definition) is 1. The average Bonchev–Trinajstić information content (AvgIpc) is 2.58. The van der Waals surface area contributed by atoms with Gasteiger partial charge in [-0.25, -0.2) is 4.98 Å². The van der Waals surface area contributed by atoms with Gasteiger partial charge in [0.15, 0.2) is 0 Å². The summed E-state index contributed by atoms with van der Waals surface area (Å²) in [5.74, 6) is 1.48. The van der Waals surface area contributed by atoms with E-state index in [4.69, 9.17) is 10.5 Å². The first-order chi connectivity index (χ1) is 6.76. The Hall–Kier alpha value is -1.71. The zero-order valence-electron chi connectivity index (χ0n) is 8.32. The van der Waals surface area contributed by atoms with E-state index in [0.717, 1.165) is 23.4 Å². The Morgan fingerprint density at radius 1 is 1.57 bits per heavy atom. The Kier molecular flexibility index (Phi) is 2.04. The molecule has 0 saturated heterocycles. The molecular formula is C10H13N3O. The highest BCUT2D eigenvalue weighted by Crippen LogP contribution is 2.22. The Labute approximate surface area is 82.3 Å². The van der Waals surface area contributed by atoms with Gasteiger partial charge in [-0.15, -0.1) is 0 Å². The van der Waals surface area contributed by atoms with E-state index in [2.05, 4.69) is 11.9 Å². The van der Waals surface area contributed by atoms with E-state index in [-0.39, 0.29) is 0 Å². The van der Waals surface area contributed by atoms with E-state index in [1.165, 1.54) is 0 Å². The lowest BCUT2D eigenvalue weighted by molar-refractivity contribution is 0.408. The number of imidazole rings is 1. The number of nitrogens with zero attached hydrogens (tertiary/aromatic N) is 2. The van der Waals surface area contributed by atoms with E-state index in [1.807, 2.05) is 16.7 Å². The number of rotatable bonds is 2. The van der Waals surface area contributed by atoms with Crippen LogP contribution in [-0.4, -0.2) is 16.5 Å². The van der Waals surface area contributed by atoms with Gasteiger partial charge in [0.2, 0.25) is 0 Å². The Balaban J connectivity index is 2.71. The SMILES string of the molecule is CCc1cc2ncc(N)n2cc1OC. The molecule has 4 nitrogen and oxygen atoms in total. The summed E-state index contributed by atoms with van der Waals surface area (Å²) in [5, 5.41) is 0. The highest BCUT2D eigenvalue weighted by molar-refractivity contribution is 5.53. The van der Waals surface area contributed by atoms with Crippen LogP contribution in [0.4, 0.5) is 5.82 Å². The zero-order valence-corrected chi connectivity index (χ0v) is 8.32. The van der Waals surface area contributed by atoms with Crippen molar-refractivity contribution in [3.63, 3.8) is 0 Å². The number of ether oxygens (including phenoxy) is 1. The summed E-state index contributed by atoms with van der Waals surface area (Å²) < 4.78 is 7.08. The smallest absolute Gasteiger partial charge is 0.138 e. The lowest BCUT2D eigenvalue weighted by Crippen LogP contribution is -1.97. The molecule has 0 bridgehead atoms. The summed E-state index contributed by atoms with van der Waals surface area (Å²) >= 11 is 0. The molecule has 0 radical (unpaired) electrons. The fraction of sp³-hybridized carbons (Fsp3) is 0.300. The van der Waals surface area contributed by atoms with Crippen LogP contribution in [0.2, 0.25) is 0 Å². The van der Waals surface area contributed by atoms with Crippen LogP contribution in [0.25, 0.3) is 5.65 Å². The number of aromatic nitrogens is 2. The first kappa shape index (κ1) is 8.87. The number of hydrogen-bond acceptors (Lipinski definition) is 3. The van der Waals surface area contributed by atoms with E-state index >= 15 is 0 Å². The van der Waals surface area contributed by atoms with Crippen LogP contribution in [0.1, 0.15) is 12.5 Å². The number of nitrogens with two attached hydrogens (primary N) is 1. The van der Waals surface area contributed by atoms with Crippen molar-refractivity contribution in [1.82, 2.24) is 9.38 Å². The van der Waals surface area contributed by atoms with Crippen LogP contribution in [0.3, 0.4) is 0 Å². The second kappa shape index (κ2) is 3.21. The van der Waals surface area contributed by atoms with Crippen LogP contribution in [0.5, 0.6) is 5.75 Å². The highest BCUT2D eigenvalue weighted by atomic mass is 16.5. The normalized spacial score (nSPS) is 10.7. The van der Waals surface area contributed by atoms with Crippen molar-refractivity contribution in [2.24, 2.45) is 0 Å². The molecule has 0 aromatic carbocycles. The third-order valence-corrected chi connectivity index (χ3v) is 2.32. The van der Waals surface area contributed by atoms with Crippen LogP contribution >= 0.6 is 0 Å². The molecule has 0 aliphatic rings. The molecule has 2 N–H and O–H groups in total. The van der Waals surface area contributed by atoms with E-state index in [1.54, 1.807) is 13.3 Å². The van der Waals surface area contributed by atoms with E-state index < -0.39 is 0 Å². The average molecular weight is 191 g/mol. The minimum absolute atomic E-state index is 0.626.